The molecule has 0 bridgehead atoms. The SMILES string of the molecule is CCC(C)CC(C)(N)CC(C)(C)C. The quantitative estimate of drug-likeness (QED) is 0.712. The van der Waals surface area contributed by atoms with Crippen LogP contribution in [0, 0.1) is 11.3 Å². The van der Waals surface area contributed by atoms with Gasteiger partial charge in [0.1, 0.15) is 0 Å². The van der Waals surface area contributed by atoms with E-state index in [4.69, 9.17) is 5.73 Å². The van der Waals surface area contributed by atoms with Gasteiger partial charge in [0.2, 0.25) is 0 Å². The second-order valence-electron chi connectivity index (χ2n) is 6.11. The van der Waals surface area contributed by atoms with Crippen LogP contribution in [0.2, 0.25) is 0 Å². The van der Waals surface area contributed by atoms with Crippen molar-refractivity contribution in [3.8, 4) is 0 Å². The molecule has 0 aliphatic rings. The number of hydrogen-bond donors (Lipinski definition) is 1. The normalized spacial score (nSPS) is 19.6. The van der Waals surface area contributed by atoms with E-state index in [1.807, 2.05) is 0 Å². The van der Waals surface area contributed by atoms with Crippen LogP contribution in [-0.4, -0.2) is 5.54 Å². The predicted molar refractivity (Wildman–Crippen MR) is 60.7 cm³/mol. The van der Waals surface area contributed by atoms with Crippen molar-refractivity contribution in [3.05, 3.63) is 0 Å². The van der Waals surface area contributed by atoms with Crippen molar-refractivity contribution in [2.45, 2.75) is 66.3 Å². The highest BCUT2D eigenvalue weighted by atomic mass is 14.7. The maximum absolute atomic E-state index is 6.28. The highest BCUT2D eigenvalue weighted by Crippen LogP contribution is 2.30. The molecule has 0 aliphatic carbocycles. The molecule has 2 N–H and O–H groups in total. The maximum Gasteiger partial charge on any atom is 0.0133 e. The minimum Gasteiger partial charge on any atom is -0.325 e. The molecule has 0 rings (SSSR count). The molecule has 0 amide bonds. The zero-order chi connectivity index (χ0) is 10.7. The molecule has 13 heavy (non-hydrogen) atoms. The van der Waals surface area contributed by atoms with Gasteiger partial charge in [-0.15, -0.1) is 0 Å². The summed E-state index contributed by atoms with van der Waals surface area (Å²) in [4.78, 5) is 0. The zero-order valence-corrected chi connectivity index (χ0v) is 10.3. The van der Waals surface area contributed by atoms with Crippen molar-refractivity contribution >= 4 is 0 Å². The second kappa shape index (κ2) is 4.45. The van der Waals surface area contributed by atoms with Crippen LogP contribution in [0.5, 0.6) is 0 Å². The Bertz CT molecular complexity index is 142. The van der Waals surface area contributed by atoms with Crippen LogP contribution < -0.4 is 5.73 Å². The molecule has 0 saturated heterocycles. The molecule has 0 heterocycles. The van der Waals surface area contributed by atoms with Gasteiger partial charge in [-0.2, -0.15) is 0 Å². The summed E-state index contributed by atoms with van der Waals surface area (Å²) in [6, 6.07) is 0. The Balaban J connectivity index is 4.08. The number of rotatable bonds is 4. The monoisotopic (exact) mass is 185 g/mol. The van der Waals surface area contributed by atoms with Gasteiger partial charge in [0.15, 0.2) is 0 Å². The van der Waals surface area contributed by atoms with E-state index in [0.717, 1.165) is 18.8 Å². The molecule has 0 radical (unpaired) electrons. The predicted octanol–water partition coefficient (Wildman–Crippen LogP) is 3.58. The van der Waals surface area contributed by atoms with E-state index in [0.29, 0.717) is 5.41 Å². The molecule has 0 saturated carbocycles. The summed E-state index contributed by atoms with van der Waals surface area (Å²) in [5.74, 6) is 0.748. The molecule has 0 aromatic heterocycles. The number of hydrogen-bond acceptors (Lipinski definition) is 1. The summed E-state index contributed by atoms with van der Waals surface area (Å²) in [7, 11) is 0. The molecular formula is C12H27N. The number of nitrogens with two attached hydrogens (primary N) is 1. The average Bonchev–Trinajstić information content (AvgIpc) is 1.80. The average molecular weight is 185 g/mol. The second-order valence-corrected chi connectivity index (χ2v) is 6.11. The summed E-state index contributed by atoms with van der Waals surface area (Å²) < 4.78 is 0. The zero-order valence-electron chi connectivity index (χ0n) is 10.3. The molecule has 0 spiro atoms. The van der Waals surface area contributed by atoms with Crippen molar-refractivity contribution in [1.29, 1.82) is 0 Å². The third-order valence-corrected chi connectivity index (χ3v) is 2.45. The van der Waals surface area contributed by atoms with Gasteiger partial charge in [0, 0.05) is 5.54 Å². The van der Waals surface area contributed by atoms with Gasteiger partial charge in [-0.25, -0.2) is 0 Å². The van der Waals surface area contributed by atoms with Crippen LogP contribution >= 0.6 is 0 Å². The fourth-order valence-electron chi connectivity index (χ4n) is 2.22. The molecule has 0 fully saturated rings. The van der Waals surface area contributed by atoms with Crippen LogP contribution in [-0.2, 0) is 0 Å². The van der Waals surface area contributed by atoms with E-state index >= 15 is 0 Å². The molecule has 1 nitrogen and oxygen atoms in total. The fourth-order valence-corrected chi connectivity index (χ4v) is 2.22. The first-order valence-electron chi connectivity index (χ1n) is 5.45. The van der Waals surface area contributed by atoms with E-state index in [1.54, 1.807) is 0 Å². The summed E-state index contributed by atoms with van der Waals surface area (Å²) in [5.41, 5.74) is 6.63. The lowest BCUT2D eigenvalue weighted by atomic mass is 9.77. The van der Waals surface area contributed by atoms with Gasteiger partial charge in [-0.05, 0) is 31.1 Å². The van der Waals surface area contributed by atoms with Crippen molar-refractivity contribution in [2.75, 3.05) is 0 Å². The molecule has 2 unspecified atom stereocenters. The Hall–Kier alpha value is -0.0400. The van der Waals surface area contributed by atoms with Crippen molar-refractivity contribution < 1.29 is 0 Å². The third kappa shape index (κ3) is 7.06. The van der Waals surface area contributed by atoms with Crippen LogP contribution in [0.4, 0.5) is 0 Å². The molecule has 1 heteroatoms. The Morgan fingerprint density at radius 3 is 1.92 bits per heavy atom. The topological polar surface area (TPSA) is 26.0 Å². The summed E-state index contributed by atoms with van der Waals surface area (Å²) in [6.07, 6.45) is 3.47. The van der Waals surface area contributed by atoms with Crippen LogP contribution in [0.3, 0.4) is 0 Å². The standard InChI is InChI=1S/C12H27N/c1-7-10(2)8-12(6,13)9-11(3,4)5/h10H,7-9,13H2,1-6H3. The van der Waals surface area contributed by atoms with E-state index in [1.165, 1.54) is 6.42 Å². The van der Waals surface area contributed by atoms with E-state index < -0.39 is 0 Å². The van der Waals surface area contributed by atoms with E-state index in [-0.39, 0.29) is 5.54 Å². The van der Waals surface area contributed by atoms with Crippen molar-refractivity contribution in [3.63, 3.8) is 0 Å². The van der Waals surface area contributed by atoms with Gasteiger partial charge >= 0.3 is 0 Å². The lowest BCUT2D eigenvalue weighted by molar-refractivity contribution is 0.233. The molecule has 0 aromatic rings. The third-order valence-electron chi connectivity index (χ3n) is 2.45. The van der Waals surface area contributed by atoms with Crippen molar-refractivity contribution in [2.24, 2.45) is 17.1 Å². The minimum atomic E-state index is 0.00762. The molecular weight excluding hydrogens is 158 g/mol. The fraction of sp³-hybridized carbons (Fsp3) is 1.00. The Morgan fingerprint density at radius 2 is 1.62 bits per heavy atom. The smallest absolute Gasteiger partial charge is 0.0133 e. The van der Waals surface area contributed by atoms with Gasteiger partial charge in [0.05, 0.1) is 0 Å². The van der Waals surface area contributed by atoms with Gasteiger partial charge in [-0.3, -0.25) is 0 Å². The molecule has 2 atom stereocenters. The van der Waals surface area contributed by atoms with Gasteiger partial charge in [0.25, 0.3) is 0 Å². The van der Waals surface area contributed by atoms with E-state index in [2.05, 4.69) is 41.5 Å². The lowest BCUT2D eigenvalue weighted by Gasteiger charge is -2.34. The summed E-state index contributed by atoms with van der Waals surface area (Å²) in [6.45, 7) is 13.5. The van der Waals surface area contributed by atoms with Gasteiger partial charge < -0.3 is 5.73 Å². The Labute approximate surface area is 84.1 Å². The highest BCUT2D eigenvalue weighted by Gasteiger charge is 2.26. The molecule has 80 valence electrons. The first-order valence-corrected chi connectivity index (χ1v) is 5.45. The first kappa shape index (κ1) is 13.0. The van der Waals surface area contributed by atoms with Crippen molar-refractivity contribution in [1.82, 2.24) is 0 Å². The molecule has 0 aliphatic heterocycles. The van der Waals surface area contributed by atoms with Crippen LogP contribution in [0.1, 0.15) is 60.8 Å². The summed E-state index contributed by atoms with van der Waals surface area (Å²) in [5, 5.41) is 0. The largest absolute Gasteiger partial charge is 0.325 e. The molecule has 0 aromatic carbocycles. The lowest BCUT2D eigenvalue weighted by Crippen LogP contribution is -2.41. The van der Waals surface area contributed by atoms with Gasteiger partial charge in [-0.1, -0.05) is 41.0 Å². The maximum atomic E-state index is 6.28. The van der Waals surface area contributed by atoms with E-state index in [9.17, 15) is 0 Å². The first-order chi connectivity index (χ1) is 5.66. The highest BCUT2D eigenvalue weighted by molar-refractivity contribution is 4.85. The Morgan fingerprint density at radius 1 is 1.15 bits per heavy atom. The van der Waals surface area contributed by atoms with Crippen LogP contribution in [0.15, 0.2) is 0 Å². The van der Waals surface area contributed by atoms with Crippen LogP contribution in [0.25, 0.3) is 0 Å². The minimum absolute atomic E-state index is 0.00762. The summed E-state index contributed by atoms with van der Waals surface area (Å²) >= 11 is 0. The Kier molecular flexibility index (Phi) is 4.44.